The van der Waals surface area contributed by atoms with E-state index in [1.54, 1.807) is 25.2 Å². The van der Waals surface area contributed by atoms with Crippen molar-refractivity contribution in [1.82, 2.24) is 10.2 Å². The molecule has 1 aromatic carbocycles. The van der Waals surface area contributed by atoms with Gasteiger partial charge in [-0.05, 0) is 25.8 Å². The van der Waals surface area contributed by atoms with Crippen LogP contribution in [0.15, 0.2) is 24.3 Å². The predicted molar refractivity (Wildman–Crippen MR) is 64.1 cm³/mol. The van der Waals surface area contributed by atoms with E-state index in [0.29, 0.717) is 11.6 Å². The molecule has 1 aliphatic rings. The highest BCUT2D eigenvalue weighted by Crippen LogP contribution is 2.23. The van der Waals surface area contributed by atoms with E-state index in [-0.39, 0.29) is 17.9 Å². The van der Waals surface area contributed by atoms with Gasteiger partial charge in [-0.15, -0.1) is 0 Å². The Bertz CT molecular complexity index is 418. The fourth-order valence-electron chi connectivity index (χ4n) is 1.70. The molecule has 92 valence electrons. The summed E-state index contributed by atoms with van der Waals surface area (Å²) in [7, 11) is 1.69. The van der Waals surface area contributed by atoms with Crippen molar-refractivity contribution in [1.29, 1.82) is 0 Å². The number of carbonyl (C=O) groups excluding carboxylic acids is 1. The van der Waals surface area contributed by atoms with Crippen LogP contribution < -0.4 is 5.32 Å². The van der Waals surface area contributed by atoms with Gasteiger partial charge in [-0.3, -0.25) is 0 Å². The van der Waals surface area contributed by atoms with Gasteiger partial charge in [0.1, 0.15) is 5.82 Å². The largest absolute Gasteiger partial charge is 0.335 e. The molecule has 3 nitrogen and oxygen atoms in total. The van der Waals surface area contributed by atoms with E-state index in [4.69, 9.17) is 0 Å². The summed E-state index contributed by atoms with van der Waals surface area (Å²) in [5.74, 6) is -0.272. The third kappa shape index (κ3) is 2.75. The SMILES string of the molecule is CC(c1ccccc1F)N(C)C(=O)NC1CC1. The van der Waals surface area contributed by atoms with E-state index in [1.807, 2.05) is 6.92 Å². The molecule has 1 fully saturated rings. The Morgan fingerprint density at radius 2 is 2.12 bits per heavy atom. The van der Waals surface area contributed by atoms with Crippen molar-refractivity contribution in [2.24, 2.45) is 0 Å². The zero-order valence-corrected chi connectivity index (χ0v) is 10.1. The monoisotopic (exact) mass is 236 g/mol. The van der Waals surface area contributed by atoms with Gasteiger partial charge < -0.3 is 10.2 Å². The molecule has 2 amide bonds. The van der Waals surface area contributed by atoms with Crippen LogP contribution in [0.3, 0.4) is 0 Å². The summed E-state index contributed by atoms with van der Waals surface area (Å²) in [6.45, 7) is 1.82. The number of halogens is 1. The molecule has 0 heterocycles. The smallest absolute Gasteiger partial charge is 0.317 e. The minimum Gasteiger partial charge on any atom is -0.335 e. The number of urea groups is 1. The Hall–Kier alpha value is -1.58. The Balaban J connectivity index is 2.05. The third-order valence-electron chi connectivity index (χ3n) is 3.16. The summed E-state index contributed by atoms with van der Waals surface area (Å²) in [5, 5.41) is 2.89. The van der Waals surface area contributed by atoms with Gasteiger partial charge in [0.05, 0.1) is 6.04 Å². The average molecular weight is 236 g/mol. The quantitative estimate of drug-likeness (QED) is 0.859. The molecule has 4 heteroatoms. The maximum absolute atomic E-state index is 13.6. The molecule has 1 atom stereocenters. The van der Waals surface area contributed by atoms with Crippen LogP contribution in [0.1, 0.15) is 31.4 Å². The number of benzene rings is 1. The van der Waals surface area contributed by atoms with Gasteiger partial charge in [-0.25, -0.2) is 9.18 Å². The topological polar surface area (TPSA) is 32.3 Å². The van der Waals surface area contributed by atoms with Crippen molar-refractivity contribution in [2.45, 2.75) is 31.8 Å². The first kappa shape index (κ1) is 11.9. The van der Waals surface area contributed by atoms with Crippen LogP contribution in [0.5, 0.6) is 0 Å². The van der Waals surface area contributed by atoms with Crippen LogP contribution in [0, 0.1) is 5.82 Å². The van der Waals surface area contributed by atoms with Crippen molar-refractivity contribution in [2.75, 3.05) is 7.05 Å². The summed E-state index contributed by atoms with van der Waals surface area (Å²) < 4.78 is 13.6. The van der Waals surface area contributed by atoms with Crippen molar-refractivity contribution < 1.29 is 9.18 Å². The van der Waals surface area contributed by atoms with Crippen LogP contribution in [-0.4, -0.2) is 24.0 Å². The molecule has 0 aromatic heterocycles. The third-order valence-corrected chi connectivity index (χ3v) is 3.16. The molecular weight excluding hydrogens is 219 g/mol. The van der Waals surface area contributed by atoms with E-state index in [2.05, 4.69) is 5.32 Å². The molecule has 1 unspecified atom stereocenters. The maximum Gasteiger partial charge on any atom is 0.317 e. The molecule has 2 rings (SSSR count). The first-order valence-corrected chi connectivity index (χ1v) is 5.87. The Morgan fingerprint density at radius 1 is 1.47 bits per heavy atom. The summed E-state index contributed by atoms with van der Waals surface area (Å²) >= 11 is 0. The average Bonchev–Trinajstić information content (AvgIpc) is 3.11. The van der Waals surface area contributed by atoms with E-state index < -0.39 is 0 Å². The minimum absolute atomic E-state index is 0.136. The van der Waals surface area contributed by atoms with Crippen LogP contribution in [-0.2, 0) is 0 Å². The molecule has 0 spiro atoms. The highest BCUT2D eigenvalue weighted by atomic mass is 19.1. The molecule has 0 aliphatic heterocycles. The fraction of sp³-hybridized carbons (Fsp3) is 0.462. The minimum atomic E-state index is -0.272. The van der Waals surface area contributed by atoms with Gasteiger partial charge in [0.15, 0.2) is 0 Å². The molecule has 1 aliphatic carbocycles. The number of carbonyl (C=O) groups is 1. The molecule has 0 radical (unpaired) electrons. The van der Waals surface area contributed by atoms with E-state index in [9.17, 15) is 9.18 Å². The lowest BCUT2D eigenvalue weighted by atomic mass is 10.1. The molecule has 17 heavy (non-hydrogen) atoms. The summed E-state index contributed by atoms with van der Waals surface area (Å²) in [6.07, 6.45) is 2.10. The molecule has 0 saturated heterocycles. The Kier molecular flexibility index (Phi) is 3.31. The van der Waals surface area contributed by atoms with Crippen molar-refractivity contribution in [3.8, 4) is 0 Å². The number of rotatable bonds is 3. The van der Waals surface area contributed by atoms with Crippen LogP contribution in [0.2, 0.25) is 0 Å². The predicted octanol–water partition coefficient (Wildman–Crippen LogP) is 2.69. The molecule has 0 bridgehead atoms. The van der Waals surface area contributed by atoms with Crippen molar-refractivity contribution >= 4 is 6.03 Å². The second kappa shape index (κ2) is 4.73. The van der Waals surface area contributed by atoms with Crippen LogP contribution in [0.25, 0.3) is 0 Å². The Morgan fingerprint density at radius 3 is 2.71 bits per heavy atom. The first-order chi connectivity index (χ1) is 8.09. The van der Waals surface area contributed by atoms with Crippen molar-refractivity contribution in [3.05, 3.63) is 35.6 Å². The molecule has 1 N–H and O–H groups in total. The van der Waals surface area contributed by atoms with Crippen LogP contribution >= 0.6 is 0 Å². The normalized spacial score (nSPS) is 16.4. The standard InChI is InChI=1S/C13H17FN2O/c1-9(11-5-3-4-6-12(11)14)16(2)13(17)15-10-7-8-10/h3-6,9-10H,7-8H2,1-2H3,(H,15,17). The first-order valence-electron chi connectivity index (χ1n) is 5.87. The zero-order chi connectivity index (χ0) is 12.4. The molecule has 1 aromatic rings. The number of hydrogen-bond acceptors (Lipinski definition) is 1. The number of amides is 2. The fourth-order valence-corrected chi connectivity index (χ4v) is 1.70. The van der Waals surface area contributed by atoms with Crippen molar-refractivity contribution in [3.63, 3.8) is 0 Å². The summed E-state index contributed by atoms with van der Waals surface area (Å²) in [5.41, 5.74) is 0.543. The summed E-state index contributed by atoms with van der Waals surface area (Å²) in [6, 6.07) is 6.47. The number of hydrogen-bond donors (Lipinski definition) is 1. The number of nitrogens with one attached hydrogen (secondary N) is 1. The van der Waals surface area contributed by atoms with Gasteiger partial charge in [-0.2, -0.15) is 0 Å². The van der Waals surface area contributed by atoms with E-state index in [0.717, 1.165) is 12.8 Å². The van der Waals surface area contributed by atoms with Gasteiger partial charge in [0.2, 0.25) is 0 Å². The lowest BCUT2D eigenvalue weighted by Gasteiger charge is -2.25. The lowest BCUT2D eigenvalue weighted by molar-refractivity contribution is 0.193. The maximum atomic E-state index is 13.6. The Labute approximate surface area is 101 Å². The highest BCUT2D eigenvalue weighted by Gasteiger charge is 2.27. The van der Waals surface area contributed by atoms with Gasteiger partial charge in [0.25, 0.3) is 0 Å². The number of nitrogens with zero attached hydrogens (tertiary/aromatic N) is 1. The van der Waals surface area contributed by atoms with E-state index in [1.165, 1.54) is 11.0 Å². The molecular formula is C13H17FN2O. The van der Waals surface area contributed by atoms with E-state index >= 15 is 0 Å². The second-order valence-corrected chi connectivity index (χ2v) is 4.53. The zero-order valence-electron chi connectivity index (χ0n) is 10.1. The summed E-state index contributed by atoms with van der Waals surface area (Å²) in [4.78, 5) is 13.4. The van der Waals surface area contributed by atoms with Gasteiger partial charge in [-0.1, -0.05) is 18.2 Å². The van der Waals surface area contributed by atoms with Gasteiger partial charge in [0, 0.05) is 18.7 Å². The second-order valence-electron chi connectivity index (χ2n) is 4.53. The highest BCUT2D eigenvalue weighted by molar-refractivity contribution is 5.75. The van der Waals surface area contributed by atoms with Crippen LogP contribution in [0.4, 0.5) is 9.18 Å². The van der Waals surface area contributed by atoms with Gasteiger partial charge >= 0.3 is 6.03 Å². The lowest BCUT2D eigenvalue weighted by Crippen LogP contribution is -2.40. The molecule has 1 saturated carbocycles.